The van der Waals surface area contributed by atoms with Crippen LogP contribution in [0.15, 0.2) is 164 Å². The Morgan fingerprint density at radius 2 is 0.918 bits per heavy atom. The molecular weight excluding hydrogens is 615 g/mol. The lowest BCUT2D eigenvalue weighted by atomic mass is 9.97. The van der Waals surface area contributed by atoms with E-state index in [-0.39, 0.29) is 0 Å². The molecule has 10 rings (SSSR count). The van der Waals surface area contributed by atoms with Crippen LogP contribution in [0.3, 0.4) is 0 Å². The minimum Gasteiger partial charge on any atom is -0.208 e. The fourth-order valence-electron chi connectivity index (χ4n) is 7.08. The molecule has 0 aliphatic heterocycles. The van der Waals surface area contributed by atoms with Gasteiger partial charge in [-0.3, -0.25) is 0 Å². The highest BCUT2D eigenvalue weighted by molar-refractivity contribution is 7.26. The van der Waals surface area contributed by atoms with Crippen LogP contribution in [0, 0.1) is 0 Å². The molecule has 0 atom stereocenters. The fraction of sp³-hybridized carbons (Fsp3) is 0. The lowest BCUT2D eigenvalue weighted by Gasteiger charge is -2.12. The lowest BCUT2D eigenvalue weighted by Crippen LogP contribution is -2.00. The fourth-order valence-corrected chi connectivity index (χ4v) is 8.33. The largest absolute Gasteiger partial charge is 0.208 e. The maximum absolute atomic E-state index is 5.26. The van der Waals surface area contributed by atoms with Crippen LogP contribution in [0.2, 0.25) is 0 Å². The van der Waals surface area contributed by atoms with Crippen LogP contribution in [0.1, 0.15) is 0 Å². The van der Waals surface area contributed by atoms with Gasteiger partial charge in [-0.15, -0.1) is 11.3 Å². The maximum Gasteiger partial charge on any atom is 0.166 e. The Hall–Kier alpha value is -6.23. The number of rotatable bonds is 4. The van der Waals surface area contributed by atoms with Crippen molar-refractivity contribution in [3.8, 4) is 45.3 Å². The number of nitrogens with zero attached hydrogens (tertiary/aromatic N) is 3. The summed E-state index contributed by atoms with van der Waals surface area (Å²) in [5.74, 6) is 1.99. The zero-order valence-corrected chi connectivity index (χ0v) is 27.2. The predicted molar refractivity (Wildman–Crippen MR) is 207 cm³/mol. The molecule has 0 N–H and O–H groups in total. The zero-order valence-electron chi connectivity index (χ0n) is 26.3. The number of thiophene rings is 1. The number of benzene rings is 8. The molecular formula is C45H27N3S. The molecule has 228 valence electrons. The van der Waals surface area contributed by atoms with Gasteiger partial charge in [0.15, 0.2) is 17.5 Å². The van der Waals surface area contributed by atoms with E-state index in [2.05, 4.69) is 146 Å². The van der Waals surface area contributed by atoms with E-state index in [1.54, 1.807) is 0 Å². The molecule has 0 radical (unpaired) electrons. The minimum atomic E-state index is 0.654. The standard InChI is InChI=1S/C45H27N3S/c1-2-12-31(13-3-1)43-46-44(32-21-18-29(19-22-32)34-23-20-28-10-4-5-14-33(28)26-34)48-45(47-43)41-37-17-9-7-15-35(37)27-38-40-36-16-8-6-11-30(36)24-25-39(40)49-42(38)41/h1-27H. The highest BCUT2D eigenvalue weighted by atomic mass is 32.1. The van der Waals surface area contributed by atoms with Crippen molar-refractivity contribution in [2.45, 2.75) is 0 Å². The van der Waals surface area contributed by atoms with Gasteiger partial charge in [-0.2, -0.15) is 0 Å². The van der Waals surface area contributed by atoms with Crippen molar-refractivity contribution < 1.29 is 0 Å². The molecule has 0 saturated carbocycles. The molecule has 49 heavy (non-hydrogen) atoms. The SMILES string of the molecule is c1ccc(-c2nc(-c3ccc(-c4ccc5ccccc5c4)cc3)nc(-c3c4ccccc4cc4c3sc3ccc5ccccc5c34)n2)cc1. The van der Waals surface area contributed by atoms with E-state index < -0.39 is 0 Å². The summed E-state index contributed by atoms with van der Waals surface area (Å²) in [6.45, 7) is 0. The minimum absolute atomic E-state index is 0.654. The second-order valence-corrected chi connectivity index (χ2v) is 13.5. The Balaban J connectivity index is 1.20. The first kappa shape index (κ1) is 27.8. The van der Waals surface area contributed by atoms with Gasteiger partial charge in [0.1, 0.15) is 0 Å². The molecule has 0 spiro atoms. The number of fused-ring (bicyclic) bond motifs is 7. The number of hydrogen-bond acceptors (Lipinski definition) is 4. The first-order valence-electron chi connectivity index (χ1n) is 16.4. The summed E-state index contributed by atoms with van der Waals surface area (Å²) in [5, 5.41) is 9.79. The average molecular weight is 642 g/mol. The normalized spacial score (nSPS) is 11.7. The third-order valence-electron chi connectivity index (χ3n) is 9.49. The van der Waals surface area contributed by atoms with Gasteiger partial charge in [-0.25, -0.2) is 15.0 Å². The molecule has 0 amide bonds. The summed E-state index contributed by atoms with van der Waals surface area (Å²) in [5.41, 5.74) is 5.29. The summed E-state index contributed by atoms with van der Waals surface area (Å²) in [6.07, 6.45) is 0. The van der Waals surface area contributed by atoms with Crippen LogP contribution in [-0.4, -0.2) is 15.0 Å². The summed E-state index contributed by atoms with van der Waals surface area (Å²) >= 11 is 1.82. The highest BCUT2D eigenvalue weighted by Crippen LogP contribution is 2.46. The lowest BCUT2D eigenvalue weighted by molar-refractivity contribution is 1.08. The van der Waals surface area contributed by atoms with Gasteiger partial charge >= 0.3 is 0 Å². The van der Waals surface area contributed by atoms with Crippen molar-refractivity contribution in [3.05, 3.63) is 164 Å². The van der Waals surface area contributed by atoms with E-state index in [1.165, 1.54) is 52.7 Å². The molecule has 2 aromatic heterocycles. The van der Waals surface area contributed by atoms with Gasteiger partial charge in [-0.1, -0.05) is 146 Å². The Bertz CT molecular complexity index is 2870. The summed E-state index contributed by atoms with van der Waals surface area (Å²) in [6, 6.07) is 58.0. The molecule has 3 nitrogen and oxygen atoms in total. The van der Waals surface area contributed by atoms with Crippen molar-refractivity contribution in [1.82, 2.24) is 15.0 Å². The van der Waals surface area contributed by atoms with E-state index in [1.807, 2.05) is 29.5 Å². The molecule has 8 aromatic carbocycles. The van der Waals surface area contributed by atoms with Gasteiger partial charge in [0.2, 0.25) is 0 Å². The second-order valence-electron chi connectivity index (χ2n) is 12.4. The van der Waals surface area contributed by atoms with E-state index in [0.717, 1.165) is 27.6 Å². The van der Waals surface area contributed by atoms with Crippen LogP contribution in [-0.2, 0) is 0 Å². The van der Waals surface area contributed by atoms with Crippen molar-refractivity contribution in [3.63, 3.8) is 0 Å². The second kappa shape index (κ2) is 11.2. The molecule has 0 aliphatic carbocycles. The zero-order chi connectivity index (χ0) is 32.3. The summed E-state index contributed by atoms with van der Waals surface area (Å²) in [7, 11) is 0. The van der Waals surface area contributed by atoms with Gasteiger partial charge in [0, 0.05) is 36.9 Å². The molecule has 10 aromatic rings. The van der Waals surface area contributed by atoms with Gasteiger partial charge in [0.05, 0.1) is 0 Å². The summed E-state index contributed by atoms with van der Waals surface area (Å²) < 4.78 is 2.44. The highest BCUT2D eigenvalue weighted by Gasteiger charge is 2.20. The van der Waals surface area contributed by atoms with E-state index in [9.17, 15) is 0 Å². The van der Waals surface area contributed by atoms with E-state index in [0.29, 0.717) is 17.5 Å². The van der Waals surface area contributed by atoms with Gasteiger partial charge in [-0.05, 0) is 61.6 Å². The molecule has 0 unspecified atom stereocenters. The first-order chi connectivity index (χ1) is 24.3. The van der Waals surface area contributed by atoms with Crippen LogP contribution >= 0.6 is 11.3 Å². The third kappa shape index (κ3) is 4.68. The molecule has 2 heterocycles. The quantitative estimate of drug-likeness (QED) is 0.192. The number of aromatic nitrogens is 3. The first-order valence-corrected chi connectivity index (χ1v) is 17.3. The van der Waals surface area contributed by atoms with Crippen LogP contribution in [0.4, 0.5) is 0 Å². The van der Waals surface area contributed by atoms with Crippen LogP contribution < -0.4 is 0 Å². The van der Waals surface area contributed by atoms with Crippen molar-refractivity contribution >= 4 is 63.8 Å². The third-order valence-corrected chi connectivity index (χ3v) is 10.7. The van der Waals surface area contributed by atoms with Crippen molar-refractivity contribution in [2.24, 2.45) is 0 Å². The average Bonchev–Trinajstić information content (AvgIpc) is 3.55. The van der Waals surface area contributed by atoms with E-state index in [4.69, 9.17) is 15.0 Å². The molecule has 4 heteroatoms. The molecule has 0 fully saturated rings. The maximum atomic E-state index is 5.26. The van der Waals surface area contributed by atoms with Gasteiger partial charge in [0.25, 0.3) is 0 Å². The molecule has 0 saturated heterocycles. The molecule has 0 bridgehead atoms. The topological polar surface area (TPSA) is 38.7 Å². The Morgan fingerprint density at radius 1 is 0.347 bits per heavy atom. The Labute approximate surface area is 286 Å². The van der Waals surface area contributed by atoms with E-state index >= 15 is 0 Å². The van der Waals surface area contributed by atoms with Crippen LogP contribution in [0.25, 0.3) is 97.8 Å². The Morgan fingerprint density at radius 3 is 1.71 bits per heavy atom. The van der Waals surface area contributed by atoms with Gasteiger partial charge < -0.3 is 0 Å². The smallest absolute Gasteiger partial charge is 0.166 e. The predicted octanol–water partition coefficient (Wildman–Crippen LogP) is 12.4. The summed E-state index contributed by atoms with van der Waals surface area (Å²) in [4.78, 5) is 15.5. The van der Waals surface area contributed by atoms with Crippen LogP contribution in [0.5, 0.6) is 0 Å². The number of hydrogen-bond donors (Lipinski definition) is 0. The Kier molecular flexibility index (Phi) is 6.36. The monoisotopic (exact) mass is 641 g/mol. The molecule has 0 aliphatic rings. The van der Waals surface area contributed by atoms with Crippen molar-refractivity contribution in [1.29, 1.82) is 0 Å². The van der Waals surface area contributed by atoms with Crippen molar-refractivity contribution in [2.75, 3.05) is 0 Å².